The van der Waals surface area contributed by atoms with Crippen molar-refractivity contribution in [2.75, 3.05) is 0 Å². The lowest BCUT2D eigenvalue weighted by molar-refractivity contribution is -0.123. The van der Waals surface area contributed by atoms with E-state index >= 15 is 0 Å². The Morgan fingerprint density at radius 3 is 2.15 bits per heavy atom. The molecule has 0 radical (unpaired) electrons. The molecule has 3 rings (SSSR count). The Kier molecular flexibility index (Phi) is 5.72. The van der Waals surface area contributed by atoms with Gasteiger partial charge in [0.25, 0.3) is 5.91 Å². The molecule has 2 N–H and O–H groups in total. The van der Waals surface area contributed by atoms with E-state index in [0.717, 1.165) is 11.3 Å². The van der Waals surface area contributed by atoms with Crippen LogP contribution in [0.3, 0.4) is 0 Å². The number of carbonyl (C=O) groups is 2. The first-order valence-electron chi connectivity index (χ1n) is 8.32. The van der Waals surface area contributed by atoms with Crippen molar-refractivity contribution in [2.45, 2.75) is 12.6 Å². The molecule has 1 atom stereocenters. The molecule has 0 saturated heterocycles. The fourth-order valence-electron chi connectivity index (χ4n) is 2.53. The molecule has 0 fully saturated rings. The molecule has 1 unspecified atom stereocenters. The first-order chi connectivity index (χ1) is 12.7. The normalized spacial score (nSPS) is 11.4. The highest BCUT2D eigenvalue weighted by atomic mass is 16.2. The highest BCUT2D eigenvalue weighted by molar-refractivity contribution is 5.97. The second-order valence-corrected chi connectivity index (χ2v) is 5.72. The largest absolute Gasteiger partial charge is 0.348 e. The number of carbonyl (C=O) groups excluding carboxylic acids is 2. The summed E-state index contributed by atoms with van der Waals surface area (Å²) in [5.41, 5.74) is 1.98. The van der Waals surface area contributed by atoms with Crippen molar-refractivity contribution < 1.29 is 9.59 Å². The Labute approximate surface area is 152 Å². The monoisotopic (exact) mass is 345 g/mol. The van der Waals surface area contributed by atoms with Crippen LogP contribution < -0.4 is 10.6 Å². The SMILES string of the molecule is O=C(NC(C(=O)NCc1ccccn1)c1ccccc1)c1ccccc1. The van der Waals surface area contributed by atoms with Crippen molar-refractivity contribution in [2.24, 2.45) is 0 Å². The summed E-state index contributed by atoms with van der Waals surface area (Å²) < 4.78 is 0. The molecule has 0 spiro atoms. The van der Waals surface area contributed by atoms with Crippen LogP contribution in [0.15, 0.2) is 85.1 Å². The van der Waals surface area contributed by atoms with Crippen LogP contribution in [0, 0.1) is 0 Å². The zero-order chi connectivity index (χ0) is 18.2. The van der Waals surface area contributed by atoms with Crippen molar-refractivity contribution in [1.29, 1.82) is 0 Å². The summed E-state index contributed by atoms with van der Waals surface area (Å²) in [6.45, 7) is 0.296. The maximum absolute atomic E-state index is 12.7. The zero-order valence-electron chi connectivity index (χ0n) is 14.1. The second kappa shape index (κ2) is 8.58. The number of hydrogen-bond acceptors (Lipinski definition) is 3. The van der Waals surface area contributed by atoms with E-state index in [2.05, 4.69) is 15.6 Å². The van der Waals surface area contributed by atoms with Crippen LogP contribution in [0.2, 0.25) is 0 Å². The molecule has 2 amide bonds. The van der Waals surface area contributed by atoms with E-state index in [9.17, 15) is 9.59 Å². The van der Waals surface area contributed by atoms with Crippen LogP contribution in [0.1, 0.15) is 27.7 Å². The van der Waals surface area contributed by atoms with E-state index in [-0.39, 0.29) is 11.8 Å². The lowest BCUT2D eigenvalue weighted by Crippen LogP contribution is -2.40. The Morgan fingerprint density at radius 2 is 1.50 bits per heavy atom. The summed E-state index contributed by atoms with van der Waals surface area (Å²) in [5, 5.41) is 5.65. The Morgan fingerprint density at radius 1 is 0.846 bits per heavy atom. The van der Waals surface area contributed by atoms with Gasteiger partial charge in [0.15, 0.2) is 0 Å². The summed E-state index contributed by atoms with van der Waals surface area (Å²) in [6.07, 6.45) is 1.67. The Hall–Kier alpha value is -3.47. The molecule has 0 saturated carbocycles. The molecule has 5 nitrogen and oxygen atoms in total. The van der Waals surface area contributed by atoms with Gasteiger partial charge >= 0.3 is 0 Å². The van der Waals surface area contributed by atoms with Gasteiger partial charge in [-0.2, -0.15) is 0 Å². The van der Waals surface area contributed by atoms with Gasteiger partial charge in [0.2, 0.25) is 5.91 Å². The Balaban J connectivity index is 1.75. The summed E-state index contributed by atoms with van der Waals surface area (Å²) in [4.78, 5) is 29.4. The van der Waals surface area contributed by atoms with Crippen LogP contribution in [0.4, 0.5) is 0 Å². The smallest absolute Gasteiger partial charge is 0.252 e. The lowest BCUT2D eigenvalue weighted by Gasteiger charge is -2.19. The Bertz CT molecular complexity index is 852. The standard InChI is InChI=1S/C21H19N3O2/c25-20(17-11-5-2-6-12-17)24-19(16-9-3-1-4-10-16)21(26)23-15-18-13-7-8-14-22-18/h1-14,19H,15H2,(H,23,26)(H,24,25). The number of aromatic nitrogens is 1. The van der Waals surface area contributed by atoms with E-state index in [1.807, 2.05) is 54.6 Å². The topological polar surface area (TPSA) is 71.1 Å². The van der Waals surface area contributed by atoms with Gasteiger partial charge in [-0.05, 0) is 29.8 Å². The van der Waals surface area contributed by atoms with Crippen molar-refractivity contribution in [1.82, 2.24) is 15.6 Å². The molecule has 0 aliphatic heterocycles. The third kappa shape index (κ3) is 4.54. The first-order valence-corrected chi connectivity index (χ1v) is 8.32. The number of amides is 2. The molecular formula is C21H19N3O2. The molecule has 0 bridgehead atoms. The first kappa shape index (κ1) is 17.4. The van der Waals surface area contributed by atoms with Gasteiger partial charge in [0, 0.05) is 11.8 Å². The molecule has 1 aromatic heterocycles. The maximum Gasteiger partial charge on any atom is 0.252 e. The average Bonchev–Trinajstić information content (AvgIpc) is 2.72. The summed E-state index contributed by atoms with van der Waals surface area (Å²) >= 11 is 0. The third-order valence-electron chi connectivity index (χ3n) is 3.88. The molecule has 0 aliphatic carbocycles. The lowest BCUT2D eigenvalue weighted by atomic mass is 10.1. The van der Waals surface area contributed by atoms with Crippen LogP contribution in [-0.2, 0) is 11.3 Å². The highest BCUT2D eigenvalue weighted by Crippen LogP contribution is 2.14. The second-order valence-electron chi connectivity index (χ2n) is 5.72. The van der Waals surface area contributed by atoms with Gasteiger partial charge in [-0.15, -0.1) is 0 Å². The molecule has 2 aromatic carbocycles. The minimum atomic E-state index is -0.785. The molecule has 1 heterocycles. The number of pyridine rings is 1. The number of benzene rings is 2. The fraction of sp³-hybridized carbons (Fsp3) is 0.0952. The van der Waals surface area contributed by atoms with Crippen LogP contribution in [-0.4, -0.2) is 16.8 Å². The van der Waals surface area contributed by atoms with Crippen molar-refractivity contribution in [3.8, 4) is 0 Å². The van der Waals surface area contributed by atoms with Crippen molar-refractivity contribution in [3.05, 3.63) is 102 Å². The predicted octanol–water partition coefficient (Wildman–Crippen LogP) is 2.87. The number of nitrogens with one attached hydrogen (secondary N) is 2. The average molecular weight is 345 g/mol. The van der Waals surface area contributed by atoms with E-state index < -0.39 is 6.04 Å². The van der Waals surface area contributed by atoms with Crippen molar-refractivity contribution in [3.63, 3.8) is 0 Å². The summed E-state index contributed by atoms with van der Waals surface area (Å²) in [5.74, 6) is -0.585. The minimum absolute atomic E-state index is 0.286. The maximum atomic E-state index is 12.7. The fourth-order valence-corrected chi connectivity index (χ4v) is 2.53. The van der Waals surface area contributed by atoms with Gasteiger partial charge < -0.3 is 10.6 Å². The van der Waals surface area contributed by atoms with Gasteiger partial charge in [0.1, 0.15) is 6.04 Å². The summed E-state index contributed by atoms with van der Waals surface area (Å²) in [6, 6.07) is 22.7. The molecule has 3 aromatic rings. The quantitative estimate of drug-likeness (QED) is 0.722. The third-order valence-corrected chi connectivity index (χ3v) is 3.88. The van der Waals surface area contributed by atoms with Crippen LogP contribution in [0.5, 0.6) is 0 Å². The molecule has 5 heteroatoms. The zero-order valence-corrected chi connectivity index (χ0v) is 14.1. The van der Waals surface area contributed by atoms with E-state index in [4.69, 9.17) is 0 Å². The van der Waals surface area contributed by atoms with Gasteiger partial charge in [-0.25, -0.2) is 0 Å². The molecular weight excluding hydrogens is 326 g/mol. The number of rotatable bonds is 6. The van der Waals surface area contributed by atoms with Gasteiger partial charge in [-0.3, -0.25) is 14.6 Å². The van der Waals surface area contributed by atoms with E-state index in [1.54, 1.807) is 30.5 Å². The highest BCUT2D eigenvalue weighted by Gasteiger charge is 2.23. The number of nitrogens with zero attached hydrogens (tertiary/aromatic N) is 1. The minimum Gasteiger partial charge on any atom is -0.348 e. The van der Waals surface area contributed by atoms with E-state index in [1.165, 1.54) is 0 Å². The van der Waals surface area contributed by atoms with Gasteiger partial charge in [0.05, 0.1) is 12.2 Å². The van der Waals surface area contributed by atoms with E-state index in [0.29, 0.717) is 12.1 Å². The number of hydrogen-bond donors (Lipinski definition) is 2. The van der Waals surface area contributed by atoms with Crippen molar-refractivity contribution >= 4 is 11.8 Å². The molecule has 0 aliphatic rings. The van der Waals surface area contributed by atoms with Crippen LogP contribution in [0.25, 0.3) is 0 Å². The molecule has 130 valence electrons. The molecule has 26 heavy (non-hydrogen) atoms. The predicted molar refractivity (Wildman–Crippen MR) is 99.2 cm³/mol. The summed E-state index contributed by atoms with van der Waals surface area (Å²) in [7, 11) is 0. The van der Waals surface area contributed by atoms with Crippen LogP contribution >= 0.6 is 0 Å². The van der Waals surface area contributed by atoms with Gasteiger partial charge in [-0.1, -0.05) is 54.6 Å².